The third-order valence-electron chi connectivity index (χ3n) is 4.10. The van der Waals surface area contributed by atoms with Gasteiger partial charge < -0.3 is 5.32 Å². The second kappa shape index (κ2) is 6.32. The van der Waals surface area contributed by atoms with Crippen molar-refractivity contribution in [2.75, 3.05) is 6.54 Å². The van der Waals surface area contributed by atoms with E-state index < -0.39 is 0 Å². The summed E-state index contributed by atoms with van der Waals surface area (Å²) in [6.07, 6.45) is 8.22. The molecular weight excluding hydrogens is 224 g/mol. The van der Waals surface area contributed by atoms with E-state index in [0.29, 0.717) is 6.04 Å². The maximum Gasteiger partial charge on any atom is 0.138 e. The van der Waals surface area contributed by atoms with E-state index in [1.165, 1.54) is 25.7 Å². The van der Waals surface area contributed by atoms with Crippen molar-refractivity contribution in [2.24, 2.45) is 18.9 Å². The summed E-state index contributed by atoms with van der Waals surface area (Å²) < 4.78 is 1.92. The summed E-state index contributed by atoms with van der Waals surface area (Å²) >= 11 is 0. The van der Waals surface area contributed by atoms with Gasteiger partial charge in [-0.25, -0.2) is 4.98 Å². The molecule has 0 amide bonds. The minimum absolute atomic E-state index is 0.586. The molecule has 102 valence electrons. The topological polar surface area (TPSA) is 42.7 Å². The average molecular weight is 250 g/mol. The fourth-order valence-corrected chi connectivity index (χ4v) is 2.95. The van der Waals surface area contributed by atoms with Crippen LogP contribution in [-0.4, -0.2) is 27.4 Å². The molecule has 1 N–H and O–H groups in total. The minimum Gasteiger partial charge on any atom is -0.314 e. The second-order valence-corrected chi connectivity index (χ2v) is 5.87. The van der Waals surface area contributed by atoms with Crippen molar-refractivity contribution < 1.29 is 0 Å². The zero-order valence-corrected chi connectivity index (χ0v) is 11.9. The van der Waals surface area contributed by atoms with Crippen LogP contribution in [-0.2, 0) is 13.5 Å². The molecule has 1 aliphatic carbocycles. The summed E-state index contributed by atoms with van der Waals surface area (Å²) in [5.74, 6) is 2.71. The third-order valence-corrected chi connectivity index (χ3v) is 4.10. The lowest BCUT2D eigenvalue weighted by Crippen LogP contribution is -2.35. The van der Waals surface area contributed by atoms with Gasteiger partial charge in [-0.15, -0.1) is 0 Å². The fraction of sp³-hybridized carbons (Fsp3) is 0.857. The van der Waals surface area contributed by atoms with Gasteiger partial charge in [-0.3, -0.25) is 4.68 Å². The van der Waals surface area contributed by atoms with Crippen molar-refractivity contribution in [2.45, 2.75) is 52.0 Å². The highest BCUT2D eigenvalue weighted by molar-refractivity contribution is 4.90. The maximum atomic E-state index is 4.37. The molecular formula is C14H26N4. The lowest BCUT2D eigenvalue weighted by Gasteiger charge is -2.32. The largest absolute Gasteiger partial charge is 0.314 e. The third kappa shape index (κ3) is 3.55. The number of aromatic nitrogens is 3. The van der Waals surface area contributed by atoms with Gasteiger partial charge in [0.1, 0.15) is 12.2 Å². The van der Waals surface area contributed by atoms with Gasteiger partial charge >= 0.3 is 0 Å². The smallest absolute Gasteiger partial charge is 0.138 e. The highest BCUT2D eigenvalue weighted by atomic mass is 15.3. The lowest BCUT2D eigenvalue weighted by atomic mass is 9.77. The molecule has 1 aromatic rings. The first kappa shape index (κ1) is 13.5. The molecule has 0 spiro atoms. The van der Waals surface area contributed by atoms with Crippen LogP contribution in [0.2, 0.25) is 0 Å². The Morgan fingerprint density at radius 3 is 2.67 bits per heavy atom. The summed E-state index contributed by atoms with van der Waals surface area (Å²) in [7, 11) is 1.99. The molecule has 18 heavy (non-hydrogen) atoms. The Hall–Kier alpha value is -0.900. The van der Waals surface area contributed by atoms with E-state index in [4.69, 9.17) is 0 Å². The quantitative estimate of drug-likeness (QED) is 0.871. The van der Waals surface area contributed by atoms with E-state index in [1.54, 1.807) is 6.33 Å². The predicted octanol–water partition coefficient (Wildman–Crippen LogP) is 2.16. The van der Waals surface area contributed by atoms with Crippen molar-refractivity contribution in [3.8, 4) is 0 Å². The second-order valence-electron chi connectivity index (χ2n) is 5.87. The molecule has 1 heterocycles. The summed E-state index contributed by atoms with van der Waals surface area (Å²) in [5, 5.41) is 7.77. The highest BCUT2D eigenvalue weighted by Crippen LogP contribution is 2.31. The van der Waals surface area contributed by atoms with Crippen LogP contribution in [0, 0.1) is 11.8 Å². The van der Waals surface area contributed by atoms with Gasteiger partial charge in [-0.05, 0) is 31.2 Å². The summed E-state index contributed by atoms with van der Waals surface area (Å²) in [6.45, 7) is 5.60. The first-order chi connectivity index (χ1) is 8.66. The van der Waals surface area contributed by atoms with Crippen LogP contribution in [0.5, 0.6) is 0 Å². The van der Waals surface area contributed by atoms with E-state index in [2.05, 4.69) is 29.2 Å². The molecule has 0 aliphatic heterocycles. The molecule has 1 fully saturated rings. The Morgan fingerprint density at radius 1 is 1.33 bits per heavy atom. The SMILES string of the molecule is CC(C)NCC1CCCCC1Cc1ncnn1C. The first-order valence-corrected chi connectivity index (χ1v) is 7.23. The van der Waals surface area contributed by atoms with E-state index in [0.717, 1.165) is 30.6 Å². The van der Waals surface area contributed by atoms with Gasteiger partial charge in [0.15, 0.2) is 0 Å². The molecule has 1 aliphatic rings. The van der Waals surface area contributed by atoms with Gasteiger partial charge in [0.25, 0.3) is 0 Å². The van der Waals surface area contributed by atoms with Crippen LogP contribution in [0.4, 0.5) is 0 Å². The molecule has 0 radical (unpaired) electrons. The predicted molar refractivity (Wildman–Crippen MR) is 73.3 cm³/mol. The number of hydrogen-bond acceptors (Lipinski definition) is 3. The first-order valence-electron chi connectivity index (χ1n) is 7.23. The van der Waals surface area contributed by atoms with Crippen molar-refractivity contribution in [3.63, 3.8) is 0 Å². The molecule has 2 unspecified atom stereocenters. The van der Waals surface area contributed by atoms with Gasteiger partial charge in [0.2, 0.25) is 0 Å². The Morgan fingerprint density at radius 2 is 2.06 bits per heavy atom. The summed E-state index contributed by atoms with van der Waals surface area (Å²) in [5.41, 5.74) is 0. The van der Waals surface area contributed by atoms with Crippen molar-refractivity contribution in [1.29, 1.82) is 0 Å². The Kier molecular flexibility index (Phi) is 4.75. The summed E-state index contributed by atoms with van der Waals surface area (Å²) in [6, 6.07) is 0.586. The Bertz CT molecular complexity index is 358. The molecule has 0 aromatic carbocycles. The average Bonchev–Trinajstić information content (AvgIpc) is 2.74. The summed E-state index contributed by atoms with van der Waals surface area (Å²) in [4.78, 5) is 4.37. The van der Waals surface area contributed by atoms with Crippen molar-refractivity contribution in [1.82, 2.24) is 20.1 Å². The standard InChI is InChI=1S/C14H26N4/c1-11(2)15-9-13-7-5-4-6-12(13)8-14-16-10-17-18(14)3/h10-13,15H,4-9H2,1-3H3. The van der Waals surface area contributed by atoms with Gasteiger partial charge in [-0.2, -0.15) is 5.10 Å². The molecule has 1 aromatic heterocycles. The number of rotatable bonds is 5. The van der Waals surface area contributed by atoms with Crippen molar-refractivity contribution in [3.05, 3.63) is 12.2 Å². The monoisotopic (exact) mass is 250 g/mol. The number of nitrogens with zero attached hydrogens (tertiary/aromatic N) is 3. The van der Waals surface area contributed by atoms with Crippen LogP contribution in [0.3, 0.4) is 0 Å². The molecule has 2 atom stereocenters. The molecule has 0 bridgehead atoms. The van der Waals surface area contributed by atoms with E-state index >= 15 is 0 Å². The zero-order chi connectivity index (χ0) is 13.0. The molecule has 4 heteroatoms. The number of aryl methyl sites for hydroxylation is 1. The van der Waals surface area contributed by atoms with E-state index in [-0.39, 0.29) is 0 Å². The van der Waals surface area contributed by atoms with Gasteiger partial charge in [0.05, 0.1) is 0 Å². The van der Waals surface area contributed by atoms with E-state index in [9.17, 15) is 0 Å². The Labute approximate surface area is 110 Å². The van der Waals surface area contributed by atoms with Crippen molar-refractivity contribution >= 4 is 0 Å². The number of hydrogen-bond donors (Lipinski definition) is 1. The van der Waals surface area contributed by atoms with Gasteiger partial charge in [0, 0.05) is 19.5 Å². The van der Waals surface area contributed by atoms with Crippen LogP contribution < -0.4 is 5.32 Å². The zero-order valence-electron chi connectivity index (χ0n) is 11.9. The van der Waals surface area contributed by atoms with Crippen LogP contribution in [0.15, 0.2) is 6.33 Å². The molecule has 2 rings (SSSR count). The minimum atomic E-state index is 0.586. The van der Waals surface area contributed by atoms with E-state index in [1.807, 2.05) is 11.7 Å². The fourth-order valence-electron chi connectivity index (χ4n) is 2.95. The Balaban J connectivity index is 1.93. The molecule has 0 saturated heterocycles. The molecule has 4 nitrogen and oxygen atoms in total. The van der Waals surface area contributed by atoms with Crippen LogP contribution in [0.25, 0.3) is 0 Å². The lowest BCUT2D eigenvalue weighted by molar-refractivity contribution is 0.220. The number of nitrogens with one attached hydrogen (secondary N) is 1. The van der Waals surface area contributed by atoms with Crippen LogP contribution in [0.1, 0.15) is 45.4 Å². The van der Waals surface area contributed by atoms with Crippen LogP contribution >= 0.6 is 0 Å². The normalized spacial score (nSPS) is 24.7. The van der Waals surface area contributed by atoms with Gasteiger partial charge in [-0.1, -0.05) is 26.7 Å². The molecule has 1 saturated carbocycles. The maximum absolute atomic E-state index is 4.37. The highest BCUT2D eigenvalue weighted by Gasteiger charge is 2.26.